The lowest BCUT2D eigenvalue weighted by molar-refractivity contribution is -0.00718. The van der Waals surface area contributed by atoms with Crippen LogP contribution in [-0.4, -0.2) is 42.1 Å². The third-order valence-corrected chi connectivity index (χ3v) is 4.63. The van der Waals surface area contributed by atoms with Gasteiger partial charge in [0.05, 0.1) is 11.7 Å². The van der Waals surface area contributed by atoms with E-state index in [1.54, 1.807) is 42.6 Å². The number of likely N-dealkylation sites (tertiary alicyclic amines) is 1. The molecule has 0 N–H and O–H groups in total. The van der Waals surface area contributed by atoms with Crippen molar-refractivity contribution in [1.82, 2.24) is 9.88 Å². The minimum absolute atomic E-state index is 0.0329. The van der Waals surface area contributed by atoms with Gasteiger partial charge in [-0.25, -0.2) is 4.39 Å². The Morgan fingerprint density at radius 3 is 2.88 bits per heavy atom. The lowest BCUT2D eigenvalue weighted by Gasteiger charge is -2.38. The van der Waals surface area contributed by atoms with Crippen molar-refractivity contribution >= 4 is 5.91 Å². The smallest absolute Gasteiger partial charge is 0.255 e. The van der Waals surface area contributed by atoms with E-state index in [-0.39, 0.29) is 23.7 Å². The average Bonchev–Trinajstić information content (AvgIpc) is 2.64. The number of aromatic nitrogens is 1. The first-order valence-electron chi connectivity index (χ1n) is 8.14. The van der Waals surface area contributed by atoms with Gasteiger partial charge in [0.25, 0.3) is 5.91 Å². The van der Waals surface area contributed by atoms with Crippen molar-refractivity contribution in [3.63, 3.8) is 0 Å². The van der Waals surface area contributed by atoms with Gasteiger partial charge in [-0.3, -0.25) is 9.78 Å². The van der Waals surface area contributed by atoms with Crippen LogP contribution in [0, 0.1) is 11.7 Å². The van der Waals surface area contributed by atoms with E-state index in [2.05, 4.69) is 4.98 Å². The van der Waals surface area contributed by atoms with Crippen LogP contribution < -0.4 is 0 Å². The number of benzene rings is 1. The standard InChI is InChI=1S/C19H21FN2O2/c1-24-18-13-22(19(23)16-6-4-9-21-12-16)10-8-15(18)11-14-5-2-3-7-17(14)20/h2-7,9,12,15,18H,8,10-11,13H2,1H3/t15-,18-/m1/s1. The van der Waals surface area contributed by atoms with Gasteiger partial charge in [-0.1, -0.05) is 18.2 Å². The number of rotatable bonds is 4. The van der Waals surface area contributed by atoms with Crippen molar-refractivity contribution in [2.75, 3.05) is 20.2 Å². The topological polar surface area (TPSA) is 42.4 Å². The number of piperidine rings is 1. The maximum atomic E-state index is 13.9. The van der Waals surface area contributed by atoms with Crippen molar-refractivity contribution in [2.24, 2.45) is 5.92 Å². The molecular weight excluding hydrogens is 307 g/mol. The molecule has 1 aromatic carbocycles. The van der Waals surface area contributed by atoms with Gasteiger partial charge in [-0.15, -0.1) is 0 Å². The summed E-state index contributed by atoms with van der Waals surface area (Å²) in [6, 6.07) is 10.4. The third kappa shape index (κ3) is 3.62. The molecule has 2 aromatic rings. The minimum Gasteiger partial charge on any atom is -0.379 e. The first kappa shape index (κ1) is 16.6. The summed E-state index contributed by atoms with van der Waals surface area (Å²) in [5, 5.41) is 0. The Kier molecular flexibility index (Phi) is 5.20. The first-order valence-corrected chi connectivity index (χ1v) is 8.14. The Morgan fingerprint density at radius 2 is 2.17 bits per heavy atom. The molecule has 0 spiro atoms. The number of hydrogen-bond donors (Lipinski definition) is 0. The second kappa shape index (κ2) is 7.53. The van der Waals surface area contributed by atoms with Gasteiger partial charge in [0.1, 0.15) is 5.82 Å². The molecule has 0 saturated carbocycles. The monoisotopic (exact) mass is 328 g/mol. The Bertz CT molecular complexity index is 693. The van der Waals surface area contributed by atoms with Crippen LogP contribution in [0.3, 0.4) is 0 Å². The van der Waals surface area contributed by atoms with Gasteiger partial charge in [0.2, 0.25) is 0 Å². The third-order valence-electron chi connectivity index (χ3n) is 4.63. The molecule has 5 heteroatoms. The van der Waals surface area contributed by atoms with Gasteiger partial charge >= 0.3 is 0 Å². The molecular formula is C19H21FN2O2. The molecule has 0 bridgehead atoms. The molecule has 1 saturated heterocycles. The largest absolute Gasteiger partial charge is 0.379 e. The average molecular weight is 328 g/mol. The number of halogens is 1. The Balaban J connectivity index is 1.68. The van der Waals surface area contributed by atoms with E-state index in [1.165, 1.54) is 6.07 Å². The normalized spacial score (nSPS) is 20.8. The maximum Gasteiger partial charge on any atom is 0.255 e. The second-order valence-corrected chi connectivity index (χ2v) is 6.11. The summed E-state index contributed by atoms with van der Waals surface area (Å²) in [7, 11) is 1.65. The van der Waals surface area contributed by atoms with Crippen LogP contribution >= 0.6 is 0 Å². The predicted molar refractivity (Wildman–Crippen MR) is 89.1 cm³/mol. The number of nitrogens with zero attached hydrogens (tertiary/aromatic N) is 2. The zero-order chi connectivity index (χ0) is 16.9. The number of carbonyl (C=O) groups excluding carboxylic acids is 1. The summed E-state index contributed by atoms with van der Waals surface area (Å²) < 4.78 is 19.5. The lowest BCUT2D eigenvalue weighted by Crippen LogP contribution is -2.48. The van der Waals surface area contributed by atoms with Gasteiger partial charge in [-0.2, -0.15) is 0 Å². The van der Waals surface area contributed by atoms with Crippen LogP contribution in [-0.2, 0) is 11.2 Å². The highest BCUT2D eigenvalue weighted by molar-refractivity contribution is 5.93. The lowest BCUT2D eigenvalue weighted by atomic mass is 9.87. The fourth-order valence-corrected chi connectivity index (χ4v) is 3.27. The fraction of sp³-hybridized carbons (Fsp3) is 0.368. The van der Waals surface area contributed by atoms with Gasteiger partial charge < -0.3 is 9.64 Å². The molecule has 1 amide bonds. The van der Waals surface area contributed by atoms with E-state index >= 15 is 0 Å². The van der Waals surface area contributed by atoms with Crippen molar-refractivity contribution in [3.05, 3.63) is 65.7 Å². The molecule has 0 aliphatic carbocycles. The molecule has 4 nitrogen and oxygen atoms in total. The second-order valence-electron chi connectivity index (χ2n) is 6.11. The highest BCUT2D eigenvalue weighted by atomic mass is 19.1. The zero-order valence-electron chi connectivity index (χ0n) is 13.7. The molecule has 1 fully saturated rings. The van der Waals surface area contributed by atoms with Crippen molar-refractivity contribution < 1.29 is 13.9 Å². The summed E-state index contributed by atoms with van der Waals surface area (Å²) in [5.41, 5.74) is 1.29. The molecule has 2 atom stereocenters. The Labute approximate surface area is 141 Å². The zero-order valence-corrected chi connectivity index (χ0v) is 13.7. The van der Waals surface area contributed by atoms with E-state index in [9.17, 15) is 9.18 Å². The predicted octanol–water partition coefficient (Wildman–Crippen LogP) is 2.94. The van der Waals surface area contributed by atoms with Crippen LogP contribution in [0.25, 0.3) is 0 Å². The van der Waals surface area contributed by atoms with Crippen molar-refractivity contribution in [2.45, 2.75) is 18.9 Å². The molecule has 1 aliphatic heterocycles. The molecule has 126 valence electrons. The first-order chi connectivity index (χ1) is 11.7. The summed E-state index contributed by atoms with van der Waals surface area (Å²) >= 11 is 0. The Hall–Kier alpha value is -2.27. The molecule has 24 heavy (non-hydrogen) atoms. The van der Waals surface area contributed by atoms with Gasteiger partial charge in [0, 0.05) is 32.6 Å². The van der Waals surface area contributed by atoms with E-state index in [0.29, 0.717) is 30.6 Å². The van der Waals surface area contributed by atoms with Crippen LogP contribution in [0.4, 0.5) is 4.39 Å². The number of pyridine rings is 1. The van der Waals surface area contributed by atoms with Crippen molar-refractivity contribution in [3.8, 4) is 0 Å². The fourth-order valence-electron chi connectivity index (χ4n) is 3.27. The van der Waals surface area contributed by atoms with Crippen LogP contribution in [0.5, 0.6) is 0 Å². The van der Waals surface area contributed by atoms with E-state index < -0.39 is 0 Å². The molecule has 2 heterocycles. The van der Waals surface area contributed by atoms with Crippen LogP contribution in [0.15, 0.2) is 48.8 Å². The summed E-state index contributed by atoms with van der Waals surface area (Å²) in [4.78, 5) is 18.3. The van der Waals surface area contributed by atoms with Crippen molar-refractivity contribution in [1.29, 1.82) is 0 Å². The highest BCUT2D eigenvalue weighted by Crippen LogP contribution is 2.26. The molecule has 0 unspecified atom stereocenters. The quantitative estimate of drug-likeness (QED) is 0.867. The van der Waals surface area contributed by atoms with E-state index in [1.807, 2.05) is 12.1 Å². The van der Waals surface area contributed by atoms with Crippen LogP contribution in [0.2, 0.25) is 0 Å². The van der Waals surface area contributed by atoms with E-state index in [0.717, 1.165) is 6.42 Å². The molecule has 3 rings (SSSR count). The Morgan fingerprint density at radius 1 is 1.33 bits per heavy atom. The number of amides is 1. The SMILES string of the molecule is CO[C@@H]1CN(C(=O)c2cccnc2)CC[C@@H]1Cc1ccccc1F. The molecule has 1 aromatic heterocycles. The summed E-state index contributed by atoms with van der Waals surface area (Å²) in [5.74, 6) is -0.0134. The molecule has 0 radical (unpaired) electrons. The summed E-state index contributed by atoms with van der Waals surface area (Å²) in [6.45, 7) is 1.16. The number of ether oxygens (including phenoxy) is 1. The molecule has 1 aliphatic rings. The number of carbonyl (C=O) groups is 1. The van der Waals surface area contributed by atoms with Gasteiger partial charge in [0.15, 0.2) is 0 Å². The summed E-state index contributed by atoms with van der Waals surface area (Å²) in [6.07, 6.45) is 4.54. The highest BCUT2D eigenvalue weighted by Gasteiger charge is 2.32. The number of hydrogen-bond acceptors (Lipinski definition) is 3. The van der Waals surface area contributed by atoms with Crippen LogP contribution in [0.1, 0.15) is 22.3 Å². The number of methoxy groups -OCH3 is 1. The van der Waals surface area contributed by atoms with E-state index in [4.69, 9.17) is 4.74 Å². The maximum absolute atomic E-state index is 13.9. The minimum atomic E-state index is -0.179. The van der Waals surface area contributed by atoms with Gasteiger partial charge in [-0.05, 0) is 42.5 Å².